The molecule has 10 heteroatoms. The first-order chi connectivity index (χ1) is 14.7. The fourth-order valence-electron chi connectivity index (χ4n) is 2.48. The number of rotatable bonds is 9. The van der Waals surface area contributed by atoms with Gasteiger partial charge in [0.05, 0.1) is 6.54 Å². The molecule has 0 spiro atoms. The van der Waals surface area contributed by atoms with Gasteiger partial charge in [0.15, 0.2) is 23.4 Å². The molecule has 3 rings (SSSR count). The minimum absolute atomic E-state index is 0.000885. The van der Waals surface area contributed by atoms with Crippen LogP contribution >= 0.6 is 0 Å². The van der Waals surface area contributed by atoms with Gasteiger partial charge < -0.3 is 19.9 Å². The lowest BCUT2D eigenvalue weighted by atomic mass is 10.3. The molecule has 0 bridgehead atoms. The molecular formula is C20H22F2N6O2. The number of nitrogens with one attached hydrogen (secondary N) is 2. The molecule has 158 valence electrons. The van der Waals surface area contributed by atoms with E-state index in [1.807, 2.05) is 19.1 Å². The first kappa shape index (κ1) is 21.2. The van der Waals surface area contributed by atoms with E-state index in [9.17, 15) is 8.78 Å². The zero-order valence-electron chi connectivity index (χ0n) is 16.4. The smallest absolute Gasteiger partial charge is 0.276 e. The molecule has 0 atom stereocenters. The van der Waals surface area contributed by atoms with Crippen molar-refractivity contribution in [2.45, 2.75) is 13.3 Å². The monoisotopic (exact) mass is 416 g/mol. The van der Waals surface area contributed by atoms with Crippen LogP contribution in [0.3, 0.4) is 0 Å². The molecule has 3 aromatic rings. The molecule has 0 amide bonds. The van der Waals surface area contributed by atoms with Crippen LogP contribution in [0.25, 0.3) is 11.6 Å². The van der Waals surface area contributed by atoms with Gasteiger partial charge in [0, 0.05) is 31.8 Å². The van der Waals surface area contributed by atoms with Crippen molar-refractivity contribution in [1.29, 1.82) is 0 Å². The number of pyridine rings is 1. The predicted octanol–water partition coefficient (Wildman–Crippen LogP) is 2.59. The molecule has 0 aliphatic heterocycles. The van der Waals surface area contributed by atoms with Crippen molar-refractivity contribution in [3.05, 3.63) is 60.1 Å². The van der Waals surface area contributed by atoms with Gasteiger partial charge in [-0.1, -0.05) is 11.2 Å². The Labute approximate surface area is 172 Å². The lowest BCUT2D eigenvalue weighted by molar-refractivity contribution is 0.304. The zero-order valence-corrected chi connectivity index (χ0v) is 16.4. The number of hydrogen-bond donors (Lipinski definition) is 2. The number of aliphatic imine (C=N–C) groups is 1. The van der Waals surface area contributed by atoms with Crippen LogP contribution in [0.4, 0.5) is 8.78 Å². The molecule has 8 nitrogen and oxygen atoms in total. The number of aromatic nitrogens is 3. The van der Waals surface area contributed by atoms with Gasteiger partial charge in [-0.3, -0.25) is 9.98 Å². The van der Waals surface area contributed by atoms with Crippen molar-refractivity contribution < 1.29 is 18.0 Å². The maximum Gasteiger partial charge on any atom is 0.276 e. The van der Waals surface area contributed by atoms with E-state index in [0.29, 0.717) is 49.4 Å². The van der Waals surface area contributed by atoms with Gasteiger partial charge in [-0.2, -0.15) is 4.98 Å². The fourth-order valence-corrected chi connectivity index (χ4v) is 2.48. The normalized spacial score (nSPS) is 11.4. The van der Waals surface area contributed by atoms with Crippen LogP contribution in [0.2, 0.25) is 0 Å². The Morgan fingerprint density at radius 3 is 2.87 bits per heavy atom. The number of hydrogen-bond acceptors (Lipinski definition) is 6. The molecule has 2 N–H and O–H groups in total. The first-order valence-corrected chi connectivity index (χ1v) is 9.49. The van der Waals surface area contributed by atoms with Crippen LogP contribution < -0.4 is 15.4 Å². The summed E-state index contributed by atoms with van der Waals surface area (Å²) in [5, 5.41) is 10.1. The largest absolute Gasteiger partial charge is 0.489 e. The molecule has 0 aliphatic carbocycles. The highest BCUT2D eigenvalue weighted by Crippen LogP contribution is 2.17. The summed E-state index contributed by atoms with van der Waals surface area (Å²) in [6.07, 6.45) is 2.15. The lowest BCUT2D eigenvalue weighted by Crippen LogP contribution is -2.39. The SMILES string of the molecule is CCNC(=NCCc1noc(-c2ccccn2)n1)NCCOc1ccc(F)cc1F. The quantitative estimate of drug-likeness (QED) is 0.314. The summed E-state index contributed by atoms with van der Waals surface area (Å²) < 4.78 is 37.0. The Hall–Kier alpha value is -3.56. The van der Waals surface area contributed by atoms with E-state index in [0.717, 1.165) is 12.1 Å². The van der Waals surface area contributed by atoms with Crippen LogP contribution in [0.1, 0.15) is 12.7 Å². The molecule has 0 aliphatic rings. The highest BCUT2D eigenvalue weighted by Gasteiger charge is 2.09. The van der Waals surface area contributed by atoms with Crippen LogP contribution in [-0.2, 0) is 6.42 Å². The second-order valence-electron chi connectivity index (χ2n) is 6.09. The fraction of sp³-hybridized carbons (Fsp3) is 0.300. The third-order valence-electron chi connectivity index (χ3n) is 3.85. The molecular weight excluding hydrogens is 394 g/mol. The van der Waals surface area contributed by atoms with Crippen LogP contribution in [0.15, 0.2) is 52.1 Å². The molecule has 0 saturated carbocycles. The number of halogens is 2. The van der Waals surface area contributed by atoms with Gasteiger partial charge in [-0.05, 0) is 31.2 Å². The Bertz CT molecular complexity index is 965. The van der Waals surface area contributed by atoms with Gasteiger partial charge in [0.25, 0.3) is 5.89 Å². The van der Waals surface area contributed by atoms with Crippen molar-refractivity contribution in [3.8, 4) is 17.3 Å². The second kappa shape index (κ2) is 10.8. The van der Waals surface area contributed by atoms with E-state index in [2.05, 4.69) is 30.8 Å². The van der Waals surface area contributed by atoms with Crippen molar-refractivity contribution in [1.82, 2.24) is 25.8 Å². The number of benzene rings is 1. The minimum atomic E-state index is -0.735. The second-order valence-corrected chi connectivity index (χ2v) is 6.09. The third kappa shape index (κ3) is 6.23. The van der Waals surface area contributed by atoms with Gasteiger partial charge in [-0.25, -0.2) is 8.78 Å². The minimum Gasteiger partial charge on any atom is -0.489 e. The van der Waals surface area contributed by atoms with E-state index >= 15 is 0 Å². The topological polar surface area (TPSA) is 97.5 Å². The van der Waals surface area contributed by atoms with E-state index in [1.54, 1.807) is 12.3 Å². The standard InChI is InChI=1S/C20H22F2N6O2/c1-2-23-20(26-11-12-29-17-7-6-14(21)13-15(17)22)25-10-8-18-27-19(30-28-18)16-5-3-4-9-24-16/h3-7,9,13H,2,8,10-12H2,1H3,(H2,23,25,26). The Balaban J connectivity index is 1.45. The summed E-state index contributed by atoms with van der Waals surface area (Å²) in [5.41, 5.74) is 0.618. The van der Waals surface area contributed by atoms with Gasteiger partial charge in [0.2, 0.25) is 0 Å². The summed E-state index contributed by atoms with van der Waals surface area (Å²) >= 11 is 0. The number of nitrogens with zero attached hydrogens (tertiary/aromatic N) is 4. The third-order valence-corrected chi connectivity index (χ3v) is 3.85. The predicted molar refractivity (Wildman–Crippen MR) is 107 cm³/mol. The van der Waals surface area contributed by atoms with E-state index in [4.69, 9.17) is 9.26 Å². The lowest BCUT2D eigenvalue weighted by Gasteiger charge is -2.12. The molecule has 0 radical (unpaired) electrons. The molecule has 1 aromatic carbocycles. The highest BCUT2D eigenvalue weighted by molar-refractivity contribution is 5.79. The number of ether oxygens (including phenoxy) is 1. The summed E-state index contributed by atoms with van der Waals surface area (Å²) in [6, 6.07) is 8.64. The van der Waals surface area contributed by atoms with E-state index in [-0.39, 0.29) is 12.4 Å². The van der Waals surface area contributed by atoms with Crippen LogP contribution in [0.5, 0.6) is 5.75 Å². The summed E-state index contributed by atoms with van der Waals surface area (Å²) in [7, 11) is 0. The molecule has 2 aromatic heterocycles. The average Bonchev–Trinajstić information content (AvgIpc) is 3.22. The number of guanidine groups is 1. The first-order valence-electron chi connectivity index (χ1n) is 9.49. The van der Waals surface area contributed by atoms with E-state index < -0.39 is 11.6 Å². The summed E-state index contributed by atoms with van der Waals surface area (Å²) in [5.74, 6) is 0.0966. The average molecular weight is 416 g/mol. The molecule has 2 heterocycles. The Morgan fingerprint density at radius 1 is 1.20 bits per heavy atom. The Morgan fingerprint density at radius 2 is 2.10 bits per heavy atom. The summed E-state index contributed by atoms with van der Waals surface area (Å²) in [6.45, 7) is 3.62. The van der Waals surface area contributed by atoms with Gasteiger partial charge in [-0.15, -0.1) is 0 Å². The van der Waals surface area contributed by atoms with Crippen molar-refractivity contribution in [2.24, 2.45) is 4.99 Å². The van der Waals surface area contributed by atoms with E-state index in [1.165, 1.54) is 6.07 Å². The van der Waals surface area contributed by atoms with Crippen molar-refractivity contribution >= 4 is 5.96 Å². The van der Waals surface area contributed by atoms with Crippen LogP contribution in [0, 0.1) is 11.6 Å². The van der Waals surface area contributed by atoms with Crippen molar-refractivity contribution in [3.63, 3.8) is 0 Å². The molecule has 30 heavy (non-hydrogen) atoms. The molecule has 0 saturated heterocycles. The molecule has 0 fully saturated rings. The molecule has 0 unspecified atom stereocenters. The maximum atomic E-state index is 13.6. The Kier molecular flexibility index (Phi) is 7.64. The maximum absolute atomic E-state index is 13.6. The summed E-state index contributed by atoms with van der Waals surface area (Å²) in [4.78, 5) is 12.9. The highest BCUT2D eigenvalue weighted by atomic mass is 19.1. The van der Waals surface area contributed by atoms with Crippen molar-refractivity contribution in [2.75, 3.05) is 26.2 Å². The van der Waals surface area contributed by atoms with Gasteiger partial charge in [0.1, 0.15) is 18.1 Å². The van der Waals surface area contributed by atoms with Crippen LogP contribution in [-0.4, -0.2) is 47.3 Å². The van der Waals surface area contributed by atoms with Gasteiger partial charge >= 0.3 is 0 Å². The zero-order chi connectivity index (χ0) is 21.2.